The third kappa shape index (κ3) is 4.55. The first kappa shape index (κ1) is 15.9. The van der Waals surface area contributed by atoms with Crippen molar-refractivity contribution < 1.29 is 8.42 Å². The minimum Gasteiger partial charge on any atom is -0.314 e. The van der Waals surface area contributed by atoms with Gasteiger partial charge in [0.2, 0.25) is 10.0 Å². The van der Waals surface area contributed by atoms with E-state index in [9.17, 15) is 8.42 Å². The zero-order valence-corrected chi connectivity index (χ0v) is 14.0. The maximum absolute atomic E-state index is 12.2. The number of rotatable bonds is 8. The lowest BCUT2D eigenvalue weighted by atomic mass is 10.3. The molecule has 0 saturated heterocycles. The van der Waals surface area contributed by atoms with Crippen LogP contribution in [-0.4, -0.2) is 27.5 Å². The van der Waals surface area contributed by atoms with Crippen molar-refractivity contribution in [2.75, 3.05) is 13.1 Å². The summed E-state index contributed by atoms with van der Waals surface area (Å²) in [6.07, 6.45) is 2.01. The molecule has 1 aromatic rings. The molecule has 0 bridgehead atoms. The van der Waals surface area contributed by atoms with Crippen LogP contribution >= 0.6 is 11.3 Å². The summed E-state index contributed by atoms with van der Waals surface area (Å²) in [4.78, 5) is 1.11. The lowest BCUT2D eigenvalue weighted by Gasteiger charge is -2.06. The van der Waals surface area contributed by atoms with Crippen molar-refractivity contribution in [3.05, 3.63) is 17.0 Å². The van der Waals surface area contributed by atoms with E-state index in [2.05, 4.69) is 30.8 Å². The molecule has 1 fully saturated rings. The molecule has 2 rings (SSSR count). The summed E-state index contributed by atoms with van der Waals surface area (Å²) in [5.41, 5.74) is 0. The highest BCUT2D eigenvalue weighted by Crippen LogP contribution is 2.37. The summed E-state index contributed by atoms with van der Waals surface area (Å²) >= 11 is 1.37. The fourth-order valence-corrected chi connectivity index (χ4v) is 4.59. The van der Waals surface area contributed by atoms with E-state index in [1.807, 2.05) is 6.07 Å². The van der Waals surface area contributed by atoms with Gasteiger partial charge in [-0.2, -0.15) is 0 Å². The molecule has 1 aliphatic rings. The maximum Gasteiger partial charge on any atom is 0.250 e. The van der Waals surface area contributed by atoms with Crippen LogP contribution in [0.2, 0.25) is 0 Å². The molecular weight excluding hydrogens is 292 g/mol. The van der Waals surface area contributed by atoms with E-state index < -0.39 is 10.0 Å². The summed E-state index contributed by atoms with van der Waals surface area (Å²) in [6, 6.07) is 4.09. The van der Waals surface area contributed by atoms with Gasteiger partial charge in [0.15, 0.2) is 0 Å². The van der Waals surface area contributed by atoms with Gasteiger partial charge in [-0.05, 0) is 36.8 Å². The Labute approximate surface area is 126 Å². The zero-order valence-electron chi connectivity index (χ0n) is 12.3. The Balaban J connectivity index is 1.86. The Kier molecular flexibility index (Phi) is 5.23. The summed E-state index contributed by atoms with van der Waals surface area (Å²) in [5.74, 6) is 1.19. The third-order valence-electron chi connectivity index (χ3n) is 3.64. The number of thiophene rings is 1. The maximum atomic E-state index is 12.2. The Morgan fingerprint density at radius 2 is 2.10 bits per heavy atom. The fourth-order valence-electron chi connectivity index (χ4n) is 2.09. The molecule has 114 valence electrons. The summed E-state index contributed by atoms with van der Waals surface area (Å²) in [5, 5.41) is 3.34. The molecule has 1 aliphatic carbocycles. The molecule has 0 radical (unpaired) electrons. The highest BCUT2D eigenvalue weighted by Gasteiger charge is 2.33. The highest BCUT2D eigenvalue weighted by molar-refractivity contribution is 7.91. The average molecular weight is 316 g/mol. The van der Waals surface area contributed by atoms with E-state index in [4.69, 9.17) is 0 Å². The standard InChI is InChI=1S/C14H24N2O2S2/c1-10(2)15-7-6-13-4-5-14(19-13)20(17,18)16-9-12-8-11(12)3/h4-5,10-12,15-16H,6-9H2,1-3H3. The van der Waals surface area contributed by atoms with Crippen molar-refractivity contribution in [2.45, 2.75) is 43.9 Å². The van der Waals surface area contributed by atoms with Crippen LogP contribution in [0.1, 0.15) is 32.1 Å². The number of nitrogens with one attached hydrogen (secondary N) is 2. The molecule has 2 N–H and O–H groups in total. The molecule has 2 unspecified atom stereocenters. The highest BCUT2D eigenvalue weighted by atomic mass is 32.2. The first-order valence-electron chi connectivity index (χ1n) is 7.20. The second-order valence-corrected chi connectivity index (χ2v) is 9.07. The third-order valence-corrected chi connectivity index (χ3v) is 6.70. The fraction of sp³-hybridized carbons (Fsp3) is 0.714. The lowest BCUT2D eigenvalue weighted by molar-refractivity contribution is 0.576. The van der Waals surface area contributed by atoms with Crippen molar-refractivity contribution in [2.24, 2.45) is 11.8 Å². The summed E-state index contributed by atoms with van der Waals surface area (Å²) in [6.45, 7) is 7.82. The molecule has 0 spiro atoms. The van der Waals surface area contributed by atoms with Crippen molar-refractivity contribution in [1.29, 1.82) is 0 Å². The van der Waals surface area contributed by atoms with Crippen molar-refractivity contribution in [1.82, 2.24) is 10.0 Å². The van der Waals surface area contributed by atoms with Gasteiger partial charge < -0.3 is 5.32 Å². The van der Waals surface area contributed by atoms with E-state index in [1.54, 1.807) is 6.07 Å². The quantitative estimate of drug-likeness (QED) is 0.773. The smallest absolute Gasteiger partial charge is 0.250 e. The summed E-state index contributed by atoms with van der Waals surface area (Å²) in [7, 11) is -3.31. The van der Waals surface area contributed by atoms with Gasteiger partial charge in [0.1, 0.15) is 4.21 Å². The Morgan fingerprint density at radius 3 is 2.70 bits per heavy atom. The Hall–Kier alpha value is -0.430. The van der Waals surface area contributed by atoms with Crippen LogP contribution in [0.5, 0.6) is 0 Å². The first-order valence-corrected chi connectivity index (χ1v) is 9.50. The van der Waals surface area contributed by atoms with Crippen LogP contribution in [0.3, 0.4) is 0 Å². The molecular formula is C14H24N2O2S2. The molecule has 2 atom stereocenters. The molecule has 0 aromatic carbocycles. The van der Waals surface area contributed by atoms with Gasteiger partial charge in [0.25, 0.3) is 0 Å². The topological polar surface area (TPSA) is 58.2 Å². The second kappa shape index (κ2) is 6.56. The van der Waals surface area contributed by atoms with E-state index >= 15 is 0 Å². The average Bonchev–Trinajstić information content (AvgIpc) is 2.87. The van der Waals surface area contributed by atoms with Crippen molar-refractivity contribution in [3.8, 4) is 0 Å². The zero-order chi connectivity index (χ0) is 14.8. The van der Waals surface area contributed by atoms with Gasteiger partial charge in [-0.1, -0.05) is 20.8 Å². The lowest BCUT2D eigenvalue weighted by Crippen LogP contribution is -2.25. The molecule has 6 heteroatoms. The van der Waals surface area contributed by atoms with Gasteiger partial charge in [-0.25, -0.2) is 13.1 Å². The largest absolute Gasteiger partial charge is 0.314 e. The SMILES string of the molecule is CC(C)NCCc1ccc(S(=O)(=O)NCC2CC2C)s1. The summed E-state index contributed by atoms with van der Waals surface area (Å²) < 4.78 is 27.5. The van der Waals surface area contributed by atoms with Crippen LogP contribution in [-0.2, 0) is 16.4 Å². The van der Waals surface area contributed by atoms with E-state index in [0.29, 0.717) is 28.6 Å². The van der Waals surface area contributed by atoms with E-state index in [-0.39, 0.29) is 0 Å². The molecule has 0 aliphatic heterocycles. The van der Waals surface area contributed by atoms with Gasteiger partial charge in [-0.3, -0.25) is 0 Å². The molecule has 20 heavy (non-hydrogen) atoms. The molecule has 0 amide bonds. The van der Waals surface area contributed by atoms with Crippen molar-refractivity contribution >= 4 is 21.4 Å². The molecule has 1 saturated carbocycles. The number of hydrogen-bond donors (Lipinski definition) is 2. The van der Waals surface area contributed by atoms with E-state index in [1.165, 1.54) is 11.3 Å². The van der Waals surface area contributed by atoms with Crippen LogP contribution in [0.4, 0.5) is 0 Å². The molecule has 4 nitrogen and oxygen atoms in total. The molecule has 1 heterocycles. The van der Waals surface area contributed by atoms with Gasteiger partial charge in [0.05, 0.1) is 0 Å². The van der Waals surface area contributed by atoms with Gasteiger partial charge in [-0.15, -0.1) is 11.3 Å². The second-order valence-electron chi connectivity index (χ2n) is 5.90. The predicted octanol–water partition coefficient (Wildman–Crippen LogP) is 2.22. The van der Waals surface area contributed by atoms with Crippen molar-refractivity contribution in [3.63, 3.8) is 0 Å². The predicted molar refractivity (Wildman–Crippen MR) is 83.6 cm³/mol. The minimum atomic E-state index is -3.31. The van der Waals surface area contributed by atoms with Crippen LogP contribution in [0.15, 0.2) is 16.3 Å². The van der Waals surface area contributed by atoms with E-state index in [0.717, 1.165) is 24.3 Å². The van der Waals surface area contributed by atoms with Crippen LogP contribution < -0.4 is 10.0 Å². The minimum absolute atomic E-state index is 0.436. The van der Waals surface area contributed by atoms with Crippen LogP contribution in [0.25, 0.3) is 0 Å². The Bertz CT molecular complexity index is 537. The number of sulfonamides is 1. The normalized spacial score (nSPS) is 22.4. The van der Waals surface area contributed by atoms with Gasteiger partial charge in [0, 0.05) is 24.0 Å². The Morgan fingerprint density at radius 1 is 1.40 bits per heavy atom. The van der Waals surface area contributed by atoms with Gasteiger partial charge >= 0.3 is 0 Å². The number of hydrogen-bond acceptors (Lipinski definition) is 4. The molecule has 1 aromatic heterocycles. The van der Waals surface area contributed by atoms with Crippen LogP contribution in [0, 0.1) is 11.8 Å². The first-order chi connectivity index (χ1) is 9.38. The monoisotopic (exact) mass is 316 g/mol.